The highest BCUT2D eigenvalue weighted by Crippen LogP contribution is 2.24. The lowest BCUT2D eigenvalue weighted by molar-refractivity contribution is 0.415. The fourth-order valence-corrected chi connectivity index (χ4v) is 2.10. The van der Waals surface area contributed by atoms with E-state index in [0.29, 0.717) is 23.9 Å². The zero-order valence-electron chi connectivity index (χ0n) is 11.7. The van der Waals surface area contributed by atoms with Gasteiger partial charge in [-0.1, -0.05) is 17.7 Å². The number of benzene rings is 1. The summed E-state index contributed by atoms with van der Waals surface area (Å²) in [5.41, 5.74) is 0.982. The predicted octanol–water partition coefficient (Wildman–Crippen LogP) is 2.26. The lowest BCUT2D eigenvalue weighted by Crippen LogP contribution is -2.41. The molecule has 1 aromatic rings. The summed E-state index contributed by atoms with van der Waals surface area (Å²) in [5, 5.41) is 3.68. The zero-order valence-corrected chi connectivity index (χ0v) is 13.2. The summed E-state index contributed by atoms with van der Waals surface area (Å²) in [6, 6.07) is 5.49. The third-order valence-corrected chi connectivity index (χ3v) is 5.55. The van der Waals surface area contributed by atoms with E-state index in [1.807, 2.05) is 6.07 Å². The topological polar surface area (TPSA) is 55.4 Å². The number of rotatable bonds is 6. The van der Waals surface area contributed by atoms with Crippen molar-refractivity contribution in [3.8, 4) is 5.75 Å². The number of nitrogens with one attached hydrogen (secondary N) is 1. The van der Waals surface area contributed by atoms with Crippen LogP contribution in [0.5, 0.6) is 5.75 Å². The largest absolute Gasteiger partial charge is 0.495 e. The van der Waals surface area contributed by atoms with Crippen LogP contribution in [0.3, 0.4) is 0 Å². The first-order chi connectivity index (χ1) is 8.67. The van der Waals surface area contributed by atoms with Crippen molar-refractivity contribution in [2.45, 2.75) is 25.1 Å². The summed E-state index contributed by atoms with van der Waals surface area (Å²) >= 11 is 6.02. The van der Waals surface area contributed by atoms with Gasteiger partial charge >= 0.3 is 0 Å². The molecule has 0 aliphatic rings. The van der Waals surface area contributed by atoms with Crippen molar-refractivity contribution in [2.75, 3.05) is 19.9 Å². The summed E-state index contributed by atoms with van der Waals surface area (Å²) in [6.45, 7) is 4.35. The fraction of sp³-hybridized carbons (Fsp3) is 0.538. The lowest BCUT2D eigenvalue weighted by Gasteiger charge is -2.22. The van der Waals surface area contributed by atoms with Gasteiger partial charge < -0.3 is 10.1 Å². The van der Waals surface area contributed by atoms with Crippen LogP contribution in [-0.4, -0.2) is 33.1 Å². The van der Waals surface area contributed by atoms with Crippen LogP contribution in [0, 0.1) is 0 Å². The zero-order chi connectivity index (χ0) is 14.7. The van der Waals surface area contributed by atoms with Gasteiger partial charge in [-0.15, -0.1) is 0 Å². The summed E-state index contributed by atoms with van der Waals surface area (Å²) < 4.78 is 27.4. The Morgan fingerprint density at radius 3 is 2.47 bits per heavy atom. The van der Waals surface area contributed by atoms with E-state index < -0.39 is 14.6 Å². The molecule has 4 nitrogen and oxygen atoms in total. The minimum Gasteiger partial charge on any atom is -0.495 e. The van der Waals surface area contributed by atoms with Crippen LogP contribution in [-0.2, 0) is 16.4 Å². The highest BCUT2D eigenvalue weighted by molar-refractivity contribution is 7.92. The van der Waals surface area contributed by atoms with E-state index >= 15 is 0 Å². The van der Waals surface area contributed by atoms with Crippen LogP contribution < -0.4 is 10.1 Å². The standard InChI is InChI=1S/C13H20ClNO3S/c1-13(2,19(4,16)17)9-15-8-10-5-6-12(18-3)11(14)7-10/h5-7,15H,8-9H2,1-4H3. The number of hydrogen-bond donors (Lipinski definition) is 1. The molecule has 0 aliphatic carbocycles. The van der Waals surface area contributed by atoms with E-state index in [9.17, 15) is 8.42 Å². The molecule has 0 radical (unpaired) electrons. The van der Waals surface area contributed by atoms with Crippen LogP contribution >= 0.6 is 11.6 Å². The Morgan fingerprint density at radius 1 is 1.37 bits per heavy atom. The average molecular weight is 306 g/mol. The number of halogens is 1. The quantitative estimate of drug-likeness (QED) is 0.876. The molecule has 19 heavy (non-hydrogen) atoms. The van der Waals surface area contributed by atoms with Gasteiger partial charge in [-0.3, -0.25) is 0 Å². The number of sulfone groups is 1. The van der Waals surface area contributed by atoms with Gasteiger partial charge in [0, 0.05) is 19.3 Å². The molecule has 1 rings (SSSR count). The number of methoxy groups -OCH3 is 1. The second kappa shape index (κ2) is 6.11. The molecule has 0 saturated heterocycles. The molecule has 0 fully saturated rings. The van der Waals surface area contributed by atoms with E-state index in [2.05, 4.69) is 5.32 Å². The van der Waals surface area contributed by atoms with E-state index in [4.69, 9.17) is 16.3 Å². The second-order valence-electron chi connectivity index (χ2n) is 5.10. The predicted molar refractivity (Wildman–Crippen MR) is 78.6 cm³/mol. The molecule has 0 unspecified atom stereocenters. The summed E-state index contributed by atoms with van der Waals surface area (Å²) in [5.74, 6) is 0.627. The van der Waals surface area contributed by atoms with Gasteiger partial charge in [-0.25, -0.2) is 8.42 Å². The molecule has 1 N–H and O–H groups in total. The van der Waals surface area contributed by atoms with Crippen molar-refractivity contribution in [3.05, 3.63) is 28.8 Å². The summed E-state index contributed by atoms with van der Waals surface area (Å²) in [4.78, 5) is 0. The van der Waals surface area contributed by atoms with Crippen molar-refractivity contribution >= 4 is 21.4 Å². The van der Waals surface area contributed by atoms with E-state index in [1.54, 1.807) is 33.1 Å². The second-order valence-corrected chi connectivity index (χ2v) is 8.16. The Kier molecular flexibility index (Phi) is 5.24. The van der Waals surface area contributed by atoms with E-state index in [0.717, 1.165) is 5.56 Å². The van der Waals surface area contributed by atoms with Crippen LogP contribution in [0.4, 0.5) is 0 Å². The monoisotopic (exact) mass is 305 g/mol. The van der Waals surface area contributed by atoms with Crippen molar-refractivity contribution in [2.24, 2.45) is 0 Å². The van der Waals surface area contributed by atoms with E-state index in [-0.39, 0.29) is 0 Å². The highest BCUT2D eigenvalue weighted by Gasteiger charge is 2.29. The number of ether oxygens (including phenoxy) is 1. The molecule has 0 aliphatic heterocycles. The van der Waals surface area contributed by atoms with Crippen LogP contribution in [0.15, 0.2) is 18.2 Å². The molecule has 0 spiro atoms. The SMILES string of the molecule is COc1ccc(CNCC(C)(C)S(C)(=O)=O)cc1Cl. The number of hydrogen-bond acceptors (Lipinski definition) is 4. The maximum absolute atomic E-state index is 11.6. The van der Waals surface area contributed by atoms with Gasteiger partial charge in [0.15, 0.2) is 9.84 Å². The van der Waals surface area contributed by atoms with Gasteiger partial charge in [-0.05, 0) is 31.5 Å². The molecule has 1 aromatic carbocycles. The molecule has 6 heteroatoms. The van der Waals surface area contributed by atoms with Gasteiger partial charge in [0.05, 0.1) is 16.9 Å². The Labute approximate surface area is 120 Å². The Bertz CT molecular complexity index is 541. The van der Waals surface area contributed by atoms with Gasteiger partial charge in [-0.2, -0.15) is 0 Å². The minimum absolute atomic E-state index is 0.384. The Morgan fingerprint density at radius 2 is 2.00 bits per heavy atom. The summed E-state index contributed by atoms with van der Waals surface area (Å²) in [7, 11) is -1.52. The highest BCUT2D eigenvalue weighted by atomic mass is 35.5. The average Bonchev–Trinajstić information content (AvgIpc) is 2.27. The van der Waals surface area contributed by atoms with Crippen molar-refractivity contribution < 1.29 is 13.2 Å². The molecule has 0 amide bonds. The Hall–Kier alpha value is -0.780. The van der Waals surface area contributed by atoms with Gasteiger partial charge in [0.25, 0.3) is 0 Å². The normalized spacial score (nSPS) is 12.5. The smallest absolute Gasteiger partial charge is 0.153 e. The van der Waals surface area contributed by atoms with E-state index in [1.165, 1.54) is 6.26 Å². The molecular weight excluding hydrogens is 286 g/mol. The molecule has 108 valence electrons. The minimum atomic E-state index is -3.08. The first-order valence-electron chi connectivity index (χ1n) is 5.90. The third-order valence-electron chi connectivity index (χ3n) is 3.10. The molecule has 0 heterocycles. The molecule has 0 aromatic heterocycles. The molecule has 0 bridgehead atoms. The first-order valence-corrected chi connectivity index (χ1v) is 8.17. The lowest BCUT2D eigenvalue weighted by atomic mass is 10.2. The fourth-order valence-electron chi connectivity index (χ4n) is 1.46. The van der Waals surface area contributed by atoms with Gasteiger partial charge in [0.1, 0.15) is 5.75 Å². The maximum atomic E-state index is 11.6. The Balaban J connectivity index is 2.62. The third kappa shape index (κ3) is 4.37. The summed E-state index contributed by atoms with van der Waals surface area (Å²) in [6.07, 6.45) is 1.25. The first kappa shape index (κ1) is 16.3. The van der Waals surface area contributed by atoms with Crippen molar-refractivity contribution in [1.29, 1.82) is 0 Å². The van der Waals surface area contributed by atoms with Crippen LogP contribution in [0.25, 0.3) is 0 Å². The molecular formula is C13H20ClNO3S. The molecule has 0 saturated carbocycles. The van der Waals surface area contributed by atoms with Crippen LogP contribution in [0.1, 0.15) is 19.4 Å². The van der Waals surface area contributed by atoms with Crippen molar-refractivity contribution in [3.63, 3.8) is 0 Å². The molecule has 0 atom stereocenters. The van der Waals surface area contributed by atoms with Crippen molar-refractivity contribution in [1.82, 2.24) is 5.32 Å². The van der Waals surface area contributed by atoms with Gasteiger partial charge in [0.2, 0.25) is 0 Å². The maximum Gasteiger partial charge on any atom is 0.153 e. The van der Waals surface area contributed by atoms with Crippen LogP contribution in [0.2, 0.25) is 5.02 Å².